The van der Waals surface area contributed by atoms with E-state index in [1.54, 1.807) is 17.9 Å². The lowest BCUT2D eigenvalue weighted by molar-refractivity contribution is 0.0988. The summed E-state index contributed by atoms with van der Waals surface area (Å²) in [5.41, 5.74) is 3.84. The van der Waals surface area contributed by atoms with E-state index in [0.29, 0.717) is 17.7 Å². The molecule has 1 aliphatic heterocycles. The highest BCUT2D eigenvalue weighted by atomic mass is 32.2. The molecular formula is C23H21FN2O3S. The van der Waals surface area contributed by atoms with Crippen molar-refractivity contribution in [3.63, 3.8) is 0 Å². The third-order valence-corrected chi connectivity index (χ3v) is 6.61. The van der Waals surface area contributed by atoms with Crippen molar-refractivity contribution < 1.29 is 17.6 Å². The highest BCUT2D eigenvalue weighted by Gasteiger charge is 2.28. The van der Waals surface area contributed by atoms with Crippen LogP contribution in [0.4, 0.5) is 15.8 Å². The molecule has 1 N–H and O–H groups in total. The van der Waals surface area contributed by atoms with Crippen molar-refractivity contribution in [2.75, 3.05) is 16.2 Å². The number of nitrogens with one attached hydrogen (secondary N) is 1. The number of para-hydroxylation sites is 1. The molecule has 0 aliphatic carbocycles. The standard InChI is InChI=1S/C23H21FN2O3S/c1-15-7-9-17-11-12-26(22(17)13-15)23(27)19-14-18(10-8-16(19)2)30(28,29)25-21-6-4-3-5-20(21)24/h3-10,13-14,25H,11-12H2,1-2H3. The summed E-state index contributed by atoms with van der Waals surface area (Å²) in [7, 11) is -4.06. The number of benzene rings is 3. The average molecular weight is 424 g/mol. The number of carbonyl (C=O) groups is 1. The van der Waals surface area contributed by atoms with Gasteiger partial charge in [0.2, 0.25) is 0 Å². The summed E-state index contributed by atoms with van der Waals surface area (Å²) in [5.74, 6) is -0.923. The Labute approximate surface area is 175 Å². The lowest BCUT2D eigenvalue weighted by Crippen LogP contribution is -2.30. The van der Waals surface area contributed by atoms with Crippen molar-refractivity contribution in [2.45, 2.75) is 25.2 Å². The summed E-state index contributed by atoms with van der Waals surface area (Å²) >= 11 is 0. The number of rotatable bonds is 4. The summed E-state index contributed by atoms with van der Waals surface area (Å²) in [6, 6.07) is 15.9. The van der Waals surface area contributed by atoms with Crippen molar-refractivity contribution in [2.24, 2.45) is 0 Å². The first-order valence-electron chi connectivity index (χ1n) is 9.56. The van der Waals surface area contributed by atoms with Crippen molar-refractivity contribution >= 4 is 27.3 Å². The first kappa shape index (κ1) is 20.1. The van der Waals surface area contributed by atoms with Gasteiger partial charge in [-0.3, -0.25) is 9.52 Å². The maximum atomic E-state index is 13.9. The summed E-state index contributed by atoms with van der Waals surface area (Å²) in [6.45, 7) is 4.27. The number of sulfonamides is 1. The Bertz CT molecular complexity index is 1260. The molecule has 30 heavy (non-hydrogen) atoms. The topological polar surface area (TPSA) is 66.5 Å². The maximum absolute atomic E-state index is 13.9. The molecule has 3 aromatic rings. The van der Waals surface area contributed by atoms with Crippen molar-refractivity contribution in [3.05, 3.63) is 88.7 Å². The van der Waals surface area contributed by atoms with Gasteiger partial charge in [0.15, 0.2) is 0 Å². The zero-order chi connectivity index (χ0) is 21.5. The first-order chi connectivity index (χ1) is 14.3. The third kappa shape index (κ3) is 3.68. The second-order valence-electron chi connectivity index (χ2n) is 7.40. The molecule has 1 amide bonds. The molecule has 1 aliphatic rings. The number of aryl methyl sites for hydroxylation is 2. The second-order valence-corrected chi connectivity index (χ2v) is 9.08. The Kier molecular flexibility index (Phi) is 5.07. The summed E-state index contributed by atoms with van der Waals surface area (Å²) < 4.78 is 41.8. The van der Waals surface area contributed by atoms with Crippen LogP contribution in [0.1, 0.15) is 27.0 Å². The van der Waals surface area contributed by atoms with Gasteiger partial charge in [-0.1, -0.05) is 30.3 Å². The van der Waals surface area contributed by atoms with Crippen LogP contribution in [-0.2, 0) is 16.4 Å². The Hall–Kier alpha value is -3.19. The quantitative estimate of drug-likeness (QED) is 0.673. The number of anilines is 2. The molecule has 0 spiro atoms. The van der Waals surface area contributed by atoms with Crippen molar-refractivity contribution in [3.8, 4) is 0 Å². The number of carbonyl (C=O) groups excluding carboxylic acids is 1. The number of hydrogen-bond acceptors (Lipinski definition) is 3. The molecule has 154 valence electrons. The molecule has 0 bridgehead atoms. The van der Waals surface area contributed by atoms with Gasteiger partial charge in [0, 0.05) is 17.8 Å². The molecule has 4 rings (SSSR count). The molecule has 0 atom stereocenters. The zero-order valence-corrected chi connectivity index (χ0v) is 17.5. The van der Waals surface area contributed by atoms with Crippen LogP contribution in [0.15, 0.2) is 65.6 Å². The largest absolute Gasteiger partial charge is 0.308 e. The van der Waals surface area contributed by atoms with Crippen LogP contribution in [0.5, 0.6) is 0 Å². The number of halogens is 1. The van der Waals surface area contributed by atoms with E-state index in [0.717, 1.165) is 23.2 Å². The van der Waals surface area contributed by atoms with E-state index in [1.165, 1.54) is 36.4 Å². The summed E-state index contributed by atoms with van der Waals surface area (Å²) in [5, 5.41) is 0. The number of amides is 1. The lowest BCUT2D eigenvalue weighted by Gasteiger charge is -2.20. The molecule has 3 aromatic carbocycles. The van der Waals surface area contributed by atoms with Gasteiger partial charge in [-0.15, -0.1) is 0 Å². The normalized spacial score (nSPS) is 13.2. The van der Waals surface area contributed by atoms with Gasteiger partial charge in [-0.2, -0.15) is 0 Å². The van der Waals surface area contributed by atoms with Gasteiger partial charge in [-0.05, 0) is 67.3 Å². The Balaban J connectivity index is 1.68. The van der Waals surface area contributed by atoms with Crippen LogP contribution >= 0.6 is 0 Å². The molecule has 0 saturated heterocycles. The Morgan fingerprint density at radius 3 is 2.57 bits per heavy atom. The highest BCUT2D eigenvalue weighted by molar-refractivity contribution is 7.92. The van der Waals surface area contributed by atoms with E-state index >= 15 is 0 Å². The SMILES string of the molecule is Cc1ccc2c(c1)N(C(=O)c1cc(S(=O)(=O)Nc3ccccc3F)ccc1C)CC2. The Morgan fingerprint density at radius 1 is 1.03 bits per heavy atom. The minimum Gasteiger partial charge on any atom is -0.308 e. The van der Waals surface area contributed by atoms with E-state index in [9.17, 15) is 17.6 Å². The van der Waals surface area contributed by atoms with Crippen LogP contribution in [0.25, 0.3) is 0 Å². The highest BCUT2D eigenvalue weighted by Crippen LogP contribution is 2.31. The fourth-order valence-corrected chi connectivity index (χ4v) is 4.69. The smallest absolute Gasteiger partial charge is 0.262 e. The minimum absolute atomic E-state index is 0.0941. The molecule has 0 unspecified atom stereocenters. The molecule has 0 aromatic heterocycles. The second kappa shape index (κ2) is 7.57. The van der Waals surface area contributed by atoms with Gasteiger partial charge in [0.25, 0.3) is 15.9 Å². The predicted octanol–water partition coefficient (Wildman–Crippen LogP) is 4.45. The van der Waals surface area contributed by atoms with Gasteiger partial charge in [0.1, 0.15) is 5.82 Å². The first-order valence-corrected chi connectivity index (χ1v) is 11.0. The molecule has 1 heterocycles. The van der Waals surface area contributed by atoms with Crippen LogP contribution in [0.2, 0.25) is 0 Å². The third-order valence-electron chi connectivity index (χ3n) is 5.25. The van der Waals surface area contributed by atoms with Crippen LogP contribution in [-0.4, -0.2) is 20.9 Å². The van der Waals surface area contributed by atoms with E-state index in [4.69, 9.17) is 0 Å². The van der Waals surface area contributed by atoms with Gasteiger partial charge in [-0.25, -0.2) is 12.8 Å². The Morgan fingerprint density at radius 2 is 1.80 bits per heavy atom. The van der Waals surface area contributed by atoms with Crippen LogP contribution in [0, 0.1) is 19.7 Å². The summed E-state index contributed by atoms with van der Waals surface area (Å²) in [4.78, 5) is 14.9. The molecule has 0 radical (unpaired) electrons. The summed E-state index contributed by atoms with van der Waals surface area (Å²) in [6.07, 6.45) is 0.757. The molecule has 0 fully saturated rings. The van der Waals surface area contributed by atoms with Gasteiger partial charge < -0.3 is 4.90 Å². The van der Waals surface area contributed by atoms with E-state index in [2.05, 4.69) is 4.72 Å². The van der Waals surface area contributed by atoms with Crippen molar-refractivity contribution in [1.82, 2.24) is 0 Å². The molecule has 7 heteroatoms. The zero-order valence-electron chi connectivity index (χ0n) is 16.6. The fourth-order valence-electron chi connectivity index (χ4n) is 3.59. The number of hydrogen-bond donors (Lipinski definition) is 1. The number of fused-ring (bicyclic) bond motifs is 1. The molecule has 0 saturated carbocycles. The van der Waals surface area contributed by atoms with Gasteiger partial charge >= 0.3 is 0 Å². The lowest BCUT2D eigenvalue weighted by atomic mass is 10.1. The average Bonchev–Trinajstić information content (AvgIpc) is 3.12. The van der Waals surface area contributed by atoms with Crippen LogP contribution < -0.4 is 9.62 Å². The van der Waals surface area contributed by atoms with Gasteiger partial charge in [0.05, 0.1) is 10.6 Å². The fraction of sp³-hybridized carbons (Fsp3) is 0.174. The minimum atomic E-state index is -4.06. The monoisotopic (exact) mass is 424 g/mol. The molecular weight excluding hydrogens is 403 g/mol. The molecule has 5 nitrogen and oxygen atoms in total. The van der Waals surface area contributed by atoms with Crippen molar-refractivity contribution in [1.29, 1.82) is 0 Å². The van der Waals surface area contributed by atoms with E-state index in [-0.39, 0.29) is 16.5 Å². The van der Waals surface area contributed by atoms with E-state index in [1.807, 2.05) is 25.1 Å². The maximum Gasteiger partial charge on any atom is 0.262 e. The number of nitrogens with zero attached hydrogens (tertiary/aromatic N) is 1. The van der Waals surface area contributed by atoms with E-state index < -0.39 is 15.8 Å². The van der Waals surface area contributed by atoms with Crippen LogP contribution in [0.3, 0.4) is 0 Å². The predicted molar refractivity (Wildman–Crippen MR) is 115 cm³/mol.